The lowest BCUT2D eigenvalue weighted by molar-refractivity contribution is -0.389. The van der Waals surface area contributed by atoms with Gasteiger partial charge in [-0.05, 0) is 24.3 Å². The number of hydrogen-bond acceptors (Lipinski definition) is 4. The summed E-state index contributed by atoms with van der Waals surface area (Å²) < 4.78 is 3.32. The third kappa shape index (κ3) is 2.76. The predicted octanol–water partition coefficient (Wildman–Crippen LogP) is 2.27. The largest absolute Gasteiger partial charge is 0.408 e. The Morgan fingerprint density at radius 2 is 2.16 bits per heavy atom. The fraction of sp³-hybridized carbons (Fsp3) is 0.455. The number of hydrogen-bond donors (Lipinski definition) is 0. The summed E-state index contributed by atoms with van der Waals surface area (Å²) in [4.78, 5) is 10.1. The first-order valence-electron chi connectivity index (χ1n) is 5.98. The van der Waals surface area contributed by atoms with Crippen LogP contribution < -0.4 is 0 Å². The molecule has 0 aliphatic rings. The minimum absolute atomic E-state index is 0.0447. The smallest absolute Gasteiger partial charge is 0.358 e. The molecule has 2 rings (SSSR count). The Kier molecular flexibility index (Phi) is 3.84. The van der Waals surface area contributed by atoms with Crippen LogP contribution in [0.5, 0.6) is 0 Å². The van der Waals surface area contributed by atoms with Crippen LogP contribution in [0.3, 0.4) is 0 Å². The van der Waals surface area contributed by atoms with Gasteiger partial charge in [0, 0.05) is 6.54 Å². The van der Waals surface area contributed by atoms with E-state index in [1.54, 1.807) is 0 Å². The number of nitrogens with zero attached hydrogens (tertiary/aromatic N) is 5. The zero-order valence-corrected chi connectivity index (χ0v) is 11.5. The molecule has 102 valence electrons. The Bertz CT molecular complexity index is 604. The van der Waals surface area contributed by atoms with Crippen LogP contribution in [0.15, 0.2) is 12.3 Å². The van der Waals surface area contributed by atoms with Crippen molar-refractivity contribution in [2.45, 2.75) is 33.4 Å². The molecule has 2 aromatic rings. The molecule has 0 N–H and O–H groups in total. The van der Waals surface area contributed by atoms with Crippen LogP contribution in [0.2, 0.25) is 5.02 Å². The second kappa shape index (κ2) is 5.40. The summed E-state index contributed by atoms with van der Waals surface area (Å²) in [6, 6.07) is 1.98. The summed E-state index contributed by atoms with van der Waals surface area (Å²) in [7, 11) is 0. The summed E-state index contributed by atoms with van der Waals surface area (Å²) in [5, 5.41) is 19.0. The standard InChI is InChI=1S/C11H14ClN5O2/c1-3-8-5-9(16(4-2)13-8)6-15-7-10(12)11(14-15)17(18)19/h5,7H,3-4,6H2,1-2H3. The van der Waals surface area contributed by atoms with Crippen LogP contribution in [-0.4, -0.2) is 24.5 Å². The maximum atomic E-state index is 10.7. The minimum Gasteiger partial charge on any atom is -0.358 e. The van der Waals surface area contributed by atoms with Crippen molar-refractivity contribution in [1.82, 2.24) is 19.6 Å². The average molecular weight is 284 g/mol. The van der Waals surface area contributed by atoms with E-state index in [1.807, 2.05) is 24.6 Å². The molecule has 0 unspecified atom stereocenters. The topological polar surface area (TPSA) is 78.8 Å². The Hall–Kier alpha value is -1.89. The van der Waals surface area contributed by atoms with Crippen molar-refractivity contribution >= 4 is 17.4 Å². The summed E-state index contributed by atoms with van der Waals surface area (Å²) in [6.07, 6.45) is 2.30. The van der Waals surface area contributed by atoms with Gasteiger partial charge in [0.25, 0.3) is 0 Å². The van der Waals surface area contributed by atoms with Crippen molar-refractivity contribution in [3.63, 3.8) is 0 Å². The number of halogens is 1. The normalized spacial score (nSPS) is 10.9. The molecule has 2 heterocycles. The first-order valence-corrected chi connectivity index (χ1v) is 6.35. The van der Waals surface area contributed by atoms with Gasteiger partial charge >= 0.3 is 5.82 Å². The van der Waals surface area contributed by atoms with Crippen molar-refractivity contribution in [2.24, 2.45) is 0 Å². The highest BCUT2D eigenvalue weighted by Gasteiger charge is 2.20. The van der Waals surface area contributed by atoms with Gasteiger partial charge in [-0.1, -0.05) is 18.5 Å². The maximum absolute atomic E-state index is 10.7. The Morgan fingerprint density at radius 1 is 1.42 bits per heavy atom. The molecular weight excluding hydrogens is 270 g/mol. The zero-order valence-electron chi connectivity index (χ0n) is 10.7. The molecule has 0 amide bonds. The molecule has 0 spiro atoms. The summed E-state index contributed by atoms with van der Waals surface area (Å²) in [5.41, 5.74) is 1.94. The number of rotatable bonds is 5. The molecule has 0 bridgehead atoms. The first-order chi connectivity index (χ1) is 9.05. The van der Waals surface area contributed by atoms with Crippen LogP contribution in [0.4, 0.5) is 5.82 Å². The van der Waals surface area contributed by atoms with Crippen molar-refractivity contribution < 1.29 is 4.92 Å². The fourth-order valence-electron chi connectivity index (χ4n) is 1.85. The Morgan fingerprint density at radius 3 is 2.68 bits per heavy atom. The van der Waals surface area contributed by atoms with Gasteiger partial charge in [0.05, 0.1) is 22.7 Å². The second-order valence-electron chi connectivity index (χ2n) is 4.05. The van der Waals surface area contributed by atoms with E-state index in [9.17, 15) is 10.1 Å². The van der Waals surface area contributed by atoms with Gasteiger partial charge in [0.1, 0.15) is 6.54 Å². The van der Waals surface area contributed by atoms with Gasteiger partial charge < -0.3 is 10.1 Å². The van der Waals surface area contributed by atoms with E-state index in [0.717, 1.165) is 24.4 Å². The fourth-order valence-corrected chi connectivity index (χ4v) is 2.07. The van der Waals surface area contributed by atoms with Crippen LogP contribution in [0.1, 0.15) is 25.2 Å². The summed E-state index contributed by atoms with van der Waals surface area (Å²) in [5.74, 6) is -0.319. The molecule has 0 saturated carbocycles. The minimum atomic E-state index is -0.590. The maximum Gasteiger partial charge on any atom is 0.408 e. The highest BCUT2D eigenvalue weighted by atomic mass is 35.5. The second-order valence-corrected chi connectivity index (χ2v) is 4.46. The van der Waals surface area contributed by atoms with E-state index < -0.39 is 4.92 Å². The van der Waals surface area contributed by atoms with Crippen molar-refractivity contribution in [3.05, 3.63) is 38.8 Å². The van der Waals surface area contributed by atoms with E-state index in [4.69, 9.17) is 11.6 Å². The van der Waals surface area contributed by atoms with Gasteiger partial charge in [0.2, 0.25) is 0 Å². The lowest BCUT2D eigenvalue weighted by Gasteiger charge is -2.01. The molecule has 0 fully saturated rings. The zero-order chi connectivity index (χ0) is 14.0. The van der Waals surface area contributed by atoms with E-state index >= 15 is 0 Å². The Labute approximate surface area is 114 Å². The quantitative estimate of drug-likeness (QED) is 0.623. The van der Waals surface area contributed by atoms with Crippen LogP contribution in [0, 0.1) is 10.1 Å². The molecule has 7 nitrogen and oxygen atoms in total. The molecule has 0 radical (unpaired) electrons. The summed E-state index contributed by atoms with van der Waals surface area (Å²) >= 11 is 5.76. The number of aromatic nitrogens is 4. The lowest BCUT2D eigenvalue weighted by atomic mass is 10.3. The predicted molar refractivity (Wildman–Crippen MR) is 70.3 cm³/mol. The highest BCUT2D eigenvalue weighted by molar-refractivity contribution is 6.32. The van der Waals surface area contributed by atoms with E-state index in [-0.39, 0.29) is 10.8 Å². The molecule has 19 heavy (non-hydrogen) atoms. The van der Waals surface area contributed by atoms with E-state index in [0.29, 0.717) is 6.54 Å². The SMILES string of the molecule is CCc1cc(Cn2cc(Cl)c([N+](=O)[O-])n2)n(CC)n1. The van der Waals surface area contributed by atoms with E-state index in [1.165, 1.54) is 10.9 Å². The average Bonchev–Trinajstić information content (AvgIpc) is 2.93. The number of nitro groups is 1. The third-order valence-corrected chi connectivity index (χ3v) is 3.04. The molecule has 0 saturated heterocycles. The number of aryl methyl sites for hydroxylation is 2. The monoisotopic (exact) mass is 283 g/mol. The Balaban J connectivity index is 2.28. The molecule has 0 aliphatic heterocycles. The first kappa shape index (κ1) is 13.5. The molecular formula is C11H14ClN5O2. The molecule has 0 aromatic carbocycles. The van der Waals surface area contributed by atoms with Gasteiger partial charge in [-0.2, -0.15) is 9.78 Å². The van der Waals surface area contributed by atoms with Gasteiger partial charge in [-0.25, -0.2) is 0 Å². The van der Waals surface area contributed by atoms with Crippen LogP contribution in [-0.2, 0) is 19.5 Å². The van der Waals surface area contributed by atoms with Crippen molar-refractivity contribution in [1.29, 1.82) is 0 Å². The van der Waals surface area contributed by atoms with Crippen LogP contribution in [0.25, 0.3) is 0 Å². The molecule has 0 atom stereocenters. The molecule has 8 heteroatoms. The lowest BCUT2D eigenvalue weighted by Crippen LogP contribution is -2.08. The van der Waals surface area contributed by atoms with Gasteiger partial charge in [-0.15, -0.1) is 0 Å². The van der Waals surface area contributed by atoms with Crippen molar-refractivity contribution in [3.8, 4) is 0 Å². The van der Waals surface area contributed by atoms with Gasteiger partial charge in [0.15, 0.2) is 5.02 Å². The highest BCUT2D eigenvalue weighted by Crippen LogP contribution is 2.22. The molecule has 0 aliphatic carbocycles. The third-order valence-electron chi connectivity index (χ3n) is 2.77. The van der Waals surface area contributed by atoms with Gasteiger partial charge in [-0.3, -0.25) is 4.68 Å². The van der Waals surface area contributed by atoms with Crippen molar-refractivity contribution in [2.75, 3.05) is 0 Å². The molecule has 2 aromatic heterocycles. The van der Waals surface area contributed by atoms with E-state index in [2.05, 4.69) is 10.2 Å². The van der Waals surface area contributed by atoms with Crippen LogP contribution >= 0.6 is 11.6 Å². The summed E-state index contributed by atoms with van der Waals surface area (Å²) in [6.45, 7) is 5.18.